The number of aromatic nitrogens is 2. The third-order valence-electron chi connectivity index (χ3n) is 6.07. The van der Waals surface area contributed by atoms with Crippen molar-refractivity contribution in [3.63, 3.8) is 0 Å². The molecule has 0 radical (unpaired) electrons. The first-order valence-corrected chi connectivity index (χ1v) is 11.6. The molecule has 1 aliphatic rings. The van der Waals surface area contributed by atoms with E-state index < -0.39 is 5.41 Å². The Morgan fingerprint density at radius 1 is 1.03 bits per heavy atom. The number of hydrogen-bond donors (Lipinski definition) is 0. The molecular weight excluding hydrogens is 416 g/mol. The molecule has 33 heavy (non-hydrogen) atoms. The number of piperazine rings is 1. The van der Waals surface area contributed by atoms with E-state index in [1.54, 1.807) is 12.2 Å². The minimum absolute atomic E-state index is 0.188. The van der Waals surface area contributed by atoms with Crippen molar-refractivity contribution in [3.05, 3.63) is 53.7 Å². The number of hydroxylamine groups is 2. The summed E-state index contributed by atoms with van der Waals surface area (Å²) in [5, 5.41) is 7.89. The molecule has 176 valence electrons. The molecule has 7 nitrogen and oxygen atoms in total. The van der Waals surface area contributed by atoms with Crippen LogP contribution in [0.15, 0.2) is 42.5 Å². The van der Waals surface area contributed by atoms with Crippen LogP contribution < -0.4 is 9.64 Å². The summed E-state index contributed by atoms with van der Waals surface area (Å²) in [4.78, 5) is 20.1. The van der Waals surface area contributed by atoms with Gasteiger partial charge in [0.15, 0.2) is 0 Å². The maximum atomic E-state index is 12.2. The zero-order valence-corrected chi connectivity index (χ0v) is 20.3. The molecular formula is C26H34N4O3. The Morgan fingerprint density at radius 2 is 1.73 bits per heavy atom. The molecule has 0 spiro atoms. The van der Waals surface area contributed by atoms with Gasteiger partial charge in [-0.3, -0.25) is 4.68 Å². The standard InChI is InChI=1S/C26H34N4O3/c1-6-23-22-12-9-20(28-13-15-29(16-14-28)33-25(31)26(2,3)4)17-24(22)30(27-23)18-19-7-10-21(32-5)11-8-19/h7-12,17H,6,13-16,18H2,1-5H3. The van der Waals surface area contributed by atoms with Crippen molar-refractivity contribution in [2.45, 2.75) is 40.7 Å². The summed E-state index contributed by atoms with van der Waals surface area (Å²) in [6.45, 7) is 11.5. The van der Waals surface area contributed by atoms with Gasteiger partial charge in [0.05, 0.1) is 43.4 Å². The number of carbonyl (C=O) groups is 1. The van der Waals surface area contributed by atoms with Crippen molar-refractivity contribution >= 4 is 22.6 Å². The minimum Gasteiger partial charge on any atom is -0.497 e. The van der Waals surface area contributed by atoms with E-state index >= 15 is 0 Å². The Bertz CT molecular complexity index is 1110. The third-order valence-corrected chi connectivity index (χ3v) is 6.07. The minimum atomic E-state index is -0.499. The Kier molecular flexibility index (Phi) is 6.61. The van der Waals surface area contributed by atoms with Gasteiger partial charge < -0.3 is 14.5 Å². The number of ether oxygens (including phenoxy) is 1. The van der Waals surface area contributed by atoms with Gasteiger partial charge in [-0.15, -0.1) is 5.06 Å². The van der Waals surface area contributed by atoms with Crippen molar-refractivity contribution in [2.75, 3.05) is 38.2 Å². The van der Waals surface area contributed by atoms with Crippen LogP contribution in [0.25, 0.3) is 10.9 Å². The van der Waals surface area contributed by atoms with E-state index in [-0.39, 0.29) is 5.97 Å². The van der Waals surface area contributed by atoms with Crippen LogP contribution in [-0.2, 0) is 22.6 Å². The quantitative estimate of drug-likeness (QED) is 0.559. The van der Waals surface area contributed by atoms with E-state index in [2.05, 4.69) is 46.8 Å². The third kappa shape index (κ3) is 5.14. The highest BCUT2D eigenvalue weighted by atomic mass is 16.7. The lowest BCUT2D eigenvalue weighted by atomic mass is 9.98. The lowest BCUT2D eigenvalue weighted by molar-refractivity contribution is -0.201. The summed E-state index contributed by atoms with van der Waals surface area (Å²) in [5.74, 6) is 0.667. The smallest absolute Gasteiger partial charge is 0.330 e. The van der Waals surface area contributed by atoms with E-state index in [0.717, 1.165) is 36.5 Å². The van der Waals surface area contributed by atoms with Gasteiger partial charge in [0.1, 0.15) is 5.75 Å². The van der Waals surface area contributed by atoms with Crippen molar-refractivity contribution in [1.82, 2.24) is 14.8 Å². The number of nitrogens with zero attached hydrogens (tertiary/aromatic N) is 4. The second kappa shape index (κ2) is 9.43. The maximum Gasteiger partial charge on any atom is 0.330 e. The fourth-order valence-corrected chi connectivity index (χ4v) is 4.01. The van der Waals surface area contributed by atoms with Crippen molar-refractivity contribution < 1.29 is 14.4 Å². The normalized spacial score (nSPS) is 15.1. The number of benzene rings is 2. The fraction of sp³-hybridized carbons (Fsp3) is 0.462. The Hall–Kier alpha value is -3.06. The number of carbonyl (C=O) groups excluding carboxylic acids is 1. The lowest BCUT2D eigenvalue weighted by Crippen LogP contribution is -2.48. The van der Waals surface area contributed by atoms with Crippen LogP contribution in [-0.4, -0.2) is 54.1 Å². The van der Waals surface area contributed by atoms with Crippen LogP contribution in [0.4, 0.5) is 5.69 Å². The van der Waals surface area contributed by atoms with E-state index in [4.69, 9.17) is 14.7 Å². The van der Waals surface area contributed by atoms with Gasteiger partial charge in [-0.2, -0.15) is 5.10 Å². The number of rotatable bonds is 6. The highest BCUT2D eigenvalue weighted by Gasteiger charge is 2.28. The zero-order chi connectivity index (χ0) is 23.6. The van der Waals surface area contributed by atoms with Gasteiger partial charge >= 0.3 is 5.97 Å². The monoisotopic (exact) mass is 450 g/mol. The lowest BCUT2D eigenvalue weighted by Gasteiger charge is -2.35. The summed E-state index contributed by atoms with van der Waals surface area (Å²) >= 11 is 0. The Balaban J connectivity index is 1.51. The summed E-state index contributed by atoms with van der Waals surface area (Å²) in [6, 6.07) is 14.7. The molecule has 0 atom stereocenters. The largest absolute Gasteiger partial charge is 0.497 e. The second-order valence-corrected chi connectivity index (χ2v) is 9.55. The van der Waals surface area contributed by atoms with Crippen molar-refractivity contribution in [3.8, 4) is 5.75 Å². The number of aryl methyl sites for hydroxylation is 1. The molecule has 1 aliphatic heterocycles. The van der Waals surface area contributed by atoms with Crippen LogP contribution >= 0.6 is 0 Å². The molecule has 0 aliphatic carbocycles. The SMILES string of the molecule is CCc1nn(Cc2ccc(OC)cc2)c2cc(N3CCN(OC(=O)C(C)(C)C)CC3)ccc12. The molecule has 0 saturated carbocycles. The first-order valence-electron chi connectivity index (χ1n) is 11.6. The molecule has 2 heterocycles. The van der Waals surface area contributed by atoms with Gasteiger partial charge in [-0.1, -0.05) is 19.1 Å². The highest BCUT2D eigenvalue weighted by Crippen LogP contribution is 2.27. The van der Waals surface area contributed by atoms with Gasteiger partial charge in [-0.05, 0) is 63.1 Å². The van der Waals surface area contributed by atoms with E-state index in [1.807, 2.05) is 32.9 Å². The van der Waals surface area contributed by atoms with Crippen LogP contribution in [0.5, 0.6) is 5.75 Å². The predicted octanol–water partition coefficient (Wildman–Crippen LogP) is 4.28. The molecule has 2 aromatic carbocycles. The van der Waals surface area contributed by atoms with Crippen LogP contribution in [0, 0.1) is 5.41 Å². The first-order chi connectivity index (χ1) is 15.8. The number of methoxy groups -OCH3 is 1. The van der Waals surface area contributed by atoms with Gasteiger partial charge in [0.2, 0.25) is 0 Å². The highest BCUT2D eigenvalue weighted by molar-refractivity contribution is 5.85. The number of hydrogen-bond acceptors (Lipinski definition) is 6. The predicted molar refractivity (Wildman–Crippen MR) is 131 cm³/mol. The van der Waals surface area contributed by atoms with Crippen LogP contribution in [0.1, 0.15) is 39.0 Å². The molecule has 0 unspecified atom stereocenters. The second-order valence-electron chi connectivity index (χ2n) is 9.55. The average molecular weight is 451 g/mol. The van der Waals surface area contributed by atoms with E-state index in [1.165, 1.54) is 16.6 Å². The first kappa shape index (κ1) is 23.1. The van der Waals surface area contributed by atoms with Crippen LogP contribution in [0.2, 0.25) is 0 Å². The van der Waals surface area contributed by atoms with E-state index in [9.17, 15) is 4.79 Å². The van der Waals surface area contributed by atoms with Crippen molar-refractivity contribution in [1.29, 1.82) is 0 Å². The molecule has 1 aromatic heterocycles. The maximum absolute atomic E-state index is 12.2. The Morgan fingerprint density at radius 3 is 2.33 bits per heavy atom. The molecule has 0 N–H and O–H groups in total. The summed E-state index contributed by atoms with van der Waals surface area (Å²) < 4.78 is 7.38. The molecule has 7 heteroatoms. The molecule has 0 bridgehead atoms. The summed E-state index contributed by atoms with van der Waals surface area (Å²) in [5.41, 5.74) is 4.11. The summed E-state index contributed by atoms with van der Waals surface area (Å²) in [7, 11) is 1.68. The number of fused-ring (bicyclic) bond motifs is 1. The average Bonchev–Trinajstić information content (AvgIpc) is 3.16. The molecule has 4 rings (SSSR count). The fourth-order valence-electron chi connectivity index (χ4n) is 4.01. The number of anilines is 1. The van der Waals surface area contributed by atoms with Crippen molar-refractivity contribution in [2.24, 2.45) is 5.41 Å². The molecule has 3 aromatic rings. The molecule has 1 fully saturated rings. The molecule has 1 saturated heterocycles. The zero-order valence-electron chi connectivity index (χ0n) is 20.3. The summed E-state index contributed by atoms with van der Waals surface area (Å²) in [6.07, 6.45) is 0.892. The molecule has 0 amide bonds. The van der Waals surface area contributed by atoms with Gasteiger partial charge in [-0.25, -0.2) is 4.79 Å². The van der Waals surface area contributed by atoms with E-state index in [0.29, 0.717) is 19.6 Å². The topological polar surface area (TPSA) is 59.8 Å². The van der Waals surface area contributed by atoms with Crippen LogP contribution in [0.3, 0.4) is 0 Å². The Labute approximate surface area is 195 Å². The van der Waals surface area contributed by atoms with Gasteiger partial charge in [0.25, 0.3) is 0 Å². The van der Waals surface area contributed by atoms with Gasteiger partial charge in [0, 0.05) is 24.2 Å².